The van der Waals surface area contributed by atoms with Gasteiger partial charge in [0.2, 0.25) is 0 Å². The van der Waals surface area contributed by atoms with Crippen LogP contribution in [-0.2, 0) is 15.1 Å². The number of aryl methyl sites for hydroxylation is 1. The van der Waals surface area contributed by atoms with Crippen LogP contribution in [0.3, 0.4) is 0 Å². The van der Waals surface area contributed by atoms with Crippen LogP contribution in [0.4, 0.5) is 0 Å². The second kappa shape index (κ2) is 15.1. The van der Waals surface area contributed by atoms with E-state index in [4.69, 9.17) is 18.9 Å². The fraction of sp³-hybridized carbons (Fsp3) is 0.371. The molecule has 0 aliphatic carbocycles. The second-order valence-electron chi connectivity index (χ2n) is 11.3. The highest BCUT2D eigenvalue weighted by molar-refractivity contribution is 5.49. The van der Waals surface area contributed by atoms with Crippen molar-refractivity contribution in [1.82, 2.24) is 14.5 Å². The predicted molar refractivity (Wildman–Crippen MR) is 174 cm³/mol. The molecule has 0 radical (unpaired) electrons. The Hall–Kier alpha value is -4.30. The molecule has 2 heterocycles. The number of benzene rings is 3. The zero-order valence-electron chi connectivity index (χ0n) is 26.6. The standard InChI is InChI=1S/C35H41N3O9/c1-23-21-38(34(43)36-32(23)42)33-30(37(17-19-39)18-20-40)31(41)29(47-33)22-46-35(24-7-5-4-6-8-24,25-9-13-27(44-2)14-10-25)26-11-15-28(45-3)16-12-26/h4-16,21,29-31,33,39-41H,17-20,22H2,1-3H3,(H,36,42,43)/t29-,30-,31-,33-/m1/s1. The van der Waals surface area contributed by atoms with Crippen molar-refractivity contribution in [2.45, 2.75) is 37.0 Å². The third kappa shape index (κ3) is 6.89. The Labute approximate surface area is 272 Å². The summed E-state index contributed by atoms with van der Waals surface area (Å²) < 4.78 is 25.5. The topological polar surface area (TPSA) is 156 Å². The highest BCUT2D eigenvalue weighted by atomic mass is 16.6. The van der Waals surface area contributed by atoms with Gasteiger partial charge in [0.25, 0.3) is 5.56 Å². The number of hydrogen-bond acceptors (Lipinski definition) is 10. The molecule has 4 atom stereocenters. The summed E-state index contributed by atoms with van der Waals surface area (Å²) in [5, 5.41) is 31.5. The number of ether oxygens (including phenoxy) is 4. The van der Waals surface area contributed by atoms with Gasteiger partial charge < -0.3 is 34.3 Å². The van der Waals surface area contributed by atoms with Crippen molar-refractivity contribution in [2.24, 2.45) is 0 Å². The van der Waals surface area contributed by atoms with Gasteiger partial charge in [0, 0.05) is 24.8 Å². The van der Waals surface area contributed by atoms with Gasteiger partial charge in [0.15, 0.2) is 6.23 Å². The van der Waals surface area contributed by atoms with Crippen LogP contribution in [0.2, 0.25) is 0 Å². The molecule has 4 aromatic rings. The molecule has 0 bridgehead atoms. The highest BCUT2D eigenvalue weighted by Crippen LogP contribution is 2.43. The molecule has 12 nitrogen and oxygen atoms in total. The number of aliphatic hydroxyl groups excluding tert-OH is 3. The van der Waals surface area contributed by atoms with Crippen molar-refractivity contribution < 1.29 is 34.3 Å². The van der Waals surface area contributed by atoms with E-state index in [2.05, 4.69) is 4.98 Å². The smallest absolute Gasteiger partial charge is 0.330 e. The molecule has 4 N–H and O–H groups in total. The highest BCUT2D eigenvalue weighted by Gasteiger charge is 2.49. The Balaban J connectivity index is 1.60. The Bertz CT molecular complexity index is 1650. The lowest BCUT2D eigenvalue weighted by atomic mass is 9.80. The monoisotopic (exact) mass is 647 g/mol. The van der Waals surface area contributed by atoms with Gasteiger partial charge in [0.05, 0.1) is 40.1 Å². The zero-order chi connectivity index (χ0) is 33.6. The molecule has 5 rings (SSSR count). The van der Waals surface area contributed by atoms with Gasteiger partial charge in [-0.3, -0.25) is 19.2 Å². The molecule has 0 amide bonds. The molecule has 3 aromatic carbocycles. The van der Waals surface area contributed by atoms with E-state index in [1.54, 1.807) is 26.0 Å². The molecule has 0 unspecified atom stereocenters. The van der Waals surface area contributed by atoms with Gasteiger partial charge in [-0.2, -0.15) is 0 Å². The number of aliphatic hydroxyl groups is 3. The van der Waals surface area contributed by atoms with Gasteiger partial charge >= 0.3 is 5.69 Å². The van der Waals surface area contributed by atoms with Crippen LogP contribution in [0.15, 0.2) is 94.6 Å². The van der Waals surface area contributed by atoms with Crippen LogP contribution in [0.5, 0.6) is 11.5 Å². The van der Waals surface area contributed by atoms with E-state index in [1.807, 2.05) is 78.9 Å². The fourth-order valence-electron chi connectivity index (χ4n) is 6.22. The summed E-state index contributed by atoms with van der Waals surface area (Å²) in [7, 11) is 3.19. The lowest BCUT2D eigenvalue weighted by Crippen LogP contribution is -2.51. The Kier molecular flexibility index (Phi) is 10.9. The van der Waals surface area contributed by atoms with Crippen molar-refractivity contribution in [3.63, 3.8) is 0 Å². The lowest BCUT2D eigenvalue weighted by molar-refractivity contribution is -0.0953. The Morgan fingerprint density at radius 2 is 1.38 bits per heavy atom. The number of H-pyrrole nitrogens is 1. The third-order valence-corrected chi connectivity index (χ3v) is 8.59. The molecule has 0 spiro atoms. The summed E-state index contributed by atoms with van der Waals surface area (Å²) in [6, 6.07) is 23.8. The first kappa shape index (κ1) is 34.0. The number of nitrogens with zero attached hydrogens (tertiary/aromatic N) is 2. The minimum Gasteiger partial charge on any atom is -0.497 e. The van der Waals surface area contributed by atoms with Gasteiger partial charge in [0.1, 0.15) is 29.3 Å². The van der Waals surface area contributed by atoms with E-state index in [0.29, 0.717) is 11.5 Å². The van der Waals surface area contributed by atoms with Crippen LogP contribution >= 0.6 is 0 Å². The van der Waals surface area contributed by atoms with Crippen LogP contribution in [0.1, 0.15) is 28.5 Å². The van der Waals surface area contributed by atoms with E-state index in [0.717, 1.165) is 16.7 Å². The first-order chi connectivity index (χ1) is 22.8. The van der Waals surface area contributed by atoms with Crippen LogP contribution in [0.25, 0.3) is 0 Å². The van der Waals surface area contributed by atoms with E-state index < -0.39 is 41.3 Å². The number of aromatic nitrogens is 2. The minimum atomic E-state index is -1.22. The number of nitrogens with one attached hydrogen (secondary N) is 1. The lowest BCUT2D eigenvalue weighted by Gasteiger charge is -2.37. The van der Waals surface area contributed by atoms with Crippen molar-refractivity contribution in [2.75, 3.05) is 47.1 Å². The maximum absolute atomic E-state index is 13.0. The SMILES string of the molecule is COc1ccc(C(OC[C@H]2O[C@@H](n3cc(C)c(=O)[nH]c3=O)[C@H](N(CCO)CCO)[C@@H]2O)(c2ccccc2)c2ccc(OC)cc2)cc1. The van der Waals surface area contributed by atoms with Gasteiger partial charge in [-0.05, 0) is 47.9 Å². The summed E-state index contributed by atoms with van der Waals surface area (Å²) in [5.41, 5.74) is 0.208. The predicted octanol–water partition coefficient (Wildman–Crippen LogP) is 1.78. The summed E-state index contributed by atoms with van der Waals surface area (Å²) in [6.45, 7) is 1.10. The average Bonchev–Trinajstić information content (AvgIpc) is 3.42. The van der Waals surface area contributed by atoms with Gasteiger partial charge in [-0.1, -0.05) is 54.6 Å². The van der Waals surface area contributed by atoms with Crippen molar-refractivity contribution in [3.05, 3.63) is 128 Å². The van der Waals surface area contributed by atoms with Crippen LogP contribution in [0, 0.1) is 6.92 Å². The summed E-state index contributed by atoms with van der Waals surface area (Å²) in [6.07, 6.45) is -1.89. The first-order valence-corrected chi connectivity index (χ1v) is 15.4. The van der Waals surface area contributed by atoms with E-state index in [-0.39, 0.29) is 38.5 Å². The molecule has 1 saturated heterocycles. The molecule has 0 saturated carbocycles. The molecule has 1 fully saturated rings. The van der Waals surface area contributed by atoms with E-state index in [9.17, 15) is 24.9 Å². The largest absolute Gasteiger partial charge is 0.497 e. The summed E-state index contributed by atoms with van der Waals surface area (Å²) >= 11 is 0. The molecule has 250 valence electrons. The van der Waals surface area contributed by atoms with E-state index in [1.165, 1.54) is 10.8 Å². The molecule has 1 aromatic heterocycles. The molecule has 1 aliphatic rings. The fourth-order valence-corrected chi connectivity index (χ4v) is 6.22. The molecular formula is C35H41N3O9. The van der Waals surface area contributed by atoms with Crippen molar-refractivity contribution in [1.29, 1.82) is 0 Å². The van der Waals surface area contributed by atoms with E-state index >= 15 is 0 Å². The summed E-state index contributed by atoms with van der Waals surface area (Å²) in [4.78, 5) is 29.2. The Morgan fingerprint density at radius 3 is 1.89 bits per heavy atom. The van der Waals surface area contributed by atoms with Gasteiger partial charge in [-0.15, -0.1) is 0 Å². The average molecular weight is 648 g/mol. The third-order valence-electron chi connectivity index (χ3n) is 8.59. The second-order valence-corrected chi connectivity index (χ2v) is 11.3. The van der Waals surface area contributed by atoms with Crippen LogP contribution in [-0.4, -0.2) is 95.2 Å². The Morgan fingerprint density at radius 1 is 0.851 bits per heavy atom. The normalized spacial score (nSPS) is 19.6. The zero-order valence-corrected chi connectivity index (χ0v) is 26.6. The maximum Gasteiger partial charge on any atom is 0.330 e. The quantitative estimate of drug-likeness (QED) is 0.149. The van der Waals surface area contributed by atoms with Crippen molar-refractivity contribution >= 4 is 0 Å². The molecule has 1 aliphatic heterocycles. The number of aromatic amines is 1. The summed E-state index contributed by atoms with van der Waals surface area (Å²) in [5.74, 6) is 1.33. The molecular weight excluding hydrogens is 606 g/mol. The molecule has 47 heavy (non-hydrogen) atoms. The number of hydrogen-bond donors (Lipinski definition) is 4. The maximum atomic E-state index is 13.0. The van der Waals surface area contributed by atoms with Crippen LogP contribution < -0.4 is 20.7 Å². The first-order valence-electron chi connectivity index (χ1n) is 15.4. The minimum absolute atomic E-state index is 0.0957. The number of rotatable bonds is 14. The number of methoxy groups -OCH3 is 2. The van der Waals surface area contributed by atoms with Crippen molar-refractivity contribution in [3.8, 4) is 11.5 Å². The van der Waals surface area contributed by atoms with Gasteiger partial charge in [-0.25, -0.2) is 4.79 Å². The molecule has 12 heteroatoms.